The summed E-state index contributed by atoms with van der Waals surface area (Å²) in [6, 6.07) is 0.441. The van der Waals surface area contributed by atoms with Crippen LogP contribution in [0, 0.1) is 17.8 Å². The van der Waals surface area contributed by atoms with Crippen LogP contribution < -0.4 is 5.73 Å². The average molecular weight is 179 g/mol. The van der Waals surface area contributed by atoms with Crippen LogP contribution in [0.1, 0.15) is 39.5 Å². The maximum atomic E-state index is 6.17. The smallest absolute Gasteiger partial charge is 0.0105 e. The van der Waals surface area contributed by atoms with E-state index in [4.69, 9.17) is 5.73 Å². The molecule has 1 fully saturated rings. The summed E-state index contributed by atoms with van der Waals surface area (Å²) in [6.45, 7) is 4.65. The molecule has 1 nitrogen and oxygen atoms in total. The Kier molecular flexibility index (Phi) is 2.46. The van der Waals surface area contributed by atoms with Crippen molar-refractivity contribution in [3.8, 4) is 0 Å². The molecule has 1 unspecified atom stereocenters. The molecule has 0 radical (unpaired) electrons. The molecule has 0 aliphatic heterocycles. The van der Waals surface area contributed by atoms with Crippen molar-refractivity contribution in [2.75, 3.05) is 0 Å². The molecule has 1 heteroatoms. The van der Waals surface area contributed by atoms with Gasteiger partial charge >= 0.3 is 0 Å². The van der Waals surface area contributed by atoms with E-state index in [1.165, 1.54) is 25.7 Å². The van der Waals surface area contributed by atoms with Crippen molar-refractivity contribution in [2.24, 2.45) is 23.5 Å². The Morgan fingerprint density at radius 1 is 1.31 bits per heavy atom. The highest BCUT2D eigenvalue weighted by Gasteiger charge is 2.35. The van der Waals surface area contributed by atoms with Gasteiger partial charge in [-0.1, -0.05) is 18.6 Å². The van der Waals surface area contributed by atoms with Gasteiger partial charge in [0.25, 0.3) is 0 Å². The molecule has 2 aliphatic carbocycles. The van der Waals surface area contributed by atoms with Gasteiger partial charge in [-0.3, -0.25) is 0 Å². The van der Waals surface area contributed by atoms with Crippen LogP contribution in [0.5, 0.6) is 0 Å². The molecule has 2 aliphatic rings. The third-order valence-corrected chi connectivity index (χ3v) is 4.02. The number of allylic oxidation sites excluding steroid dienone is 1. The third kappa shape index (κ3) is 1.67. The van der Waals surface area contributed by atoms with Crippen molar-refractivity contribution in [3.05, 3.63) is 11.6 Å². The van der Waals surface area contributed by atoms with E-state index >= 15 is 0 Å². The second-order valence-corrected chi connectivity index (χ2v) is 5.01. The highest BCUT2D eigenvalue weighted by molar-refractivity contribution is 5.11. The number of nitrogens with two attached hydrogens (primary N) is 1. The van der Waals surface area contributed by atoms with Crippen LogP contribution in [-0.4, -0.2) is 6.04 Å². The van der Waals surface area contributed by atoms with E-state index in [9.17, 15) is 0 Å². The normalized spacial score (nSPS) is 45.3. The number of fused-ring (bicyclic) bond motifs is 1. The molecule has 0 aromatic carbocycles. The van der Waals surface area contributed by atoms with E-state index in [0.29, 0.717) is 12.0 Å². The molecule has 0 aromatic heterocycles. The second-order valence-electron chi connectivity index (χ2n) is 5.01. The van der Waals surface area contributed by atoms with Crippen molar-refractivity contribution in [1.82, 2.24) is 0 Å². The SMILES string of the molecule is CC1=C[C@H]2C(CC1)[C@H](C)CC[C@H]2N. The molecule has 0 saturated heterocycles. The Bertz CT molecular complexity index is 219. The number of rotatable bonds is 0. The lowest BCUT2D eigenvalue weighted by Gasteiger charge is -2.42. The Hall–Kier alpha value is -0.300. The summed E-state index contributed by atoms with van der Waals surface area (Å²) >= 11 is 0. The highest BCUT2D eigenvalue weighted by Crippen LogP contribution is 2.41. The lowest BCUT2D eigenvalue weighted by atomic mass is 9.65. The Morgan fingerprint density at radius 2 is 2.08 bits per heavy atom. The van der Waals surface area contributed by atoms with E-state index in [2.05, 4.69) is 19.9 Å². The first-order chi connectivity index (χ1) is 6.18. The fourth-order valence-corrected chi connectivity index (χ4v) is 3.09. The molecule has 0 heterocycles. The lowest BCUT2D eigenvalue weighted by molar-refractivity contribution is 0.156. The van der Waals surface area contributed by atoms with Crippen LogP contribution in [0.3, 0.4) is 0 Å². The van der Waals surface area contributed by atoms with Gasteiger partial charge in [0.15, 0.2) is 0 Å². The molecule has 1 saturated carbocycles. The fourth-order valence-electron chi connectivity index (χ4n) is 3.09. The number of hydrogen-bond donors (Lipinski definition) is 1. The average Bonchev–Trinajstić information content (AvgIpc) is 2.12. The van der Waals surface area contributed by atoms with E-state index in [-0.39, 0.29) is 0 Å². The number of hydrogen-bond acceptors (Lipinski definition) is 1. The molecule has 0 aromatic rings. The summed E-state index contributed by atoms with van der Waals surface area (Å²) in [7, 11) is 0. The topological polar surface area (TPSA) is 26.0 Å². The summed E-state index contributed by atoms with van der Waals surface area (Å²) in [6.07, 6.45) is 7.70. The van der Waals surface area contributed by atoms with Crippen LogP contribution in [-0.2, 0) is 0 Å². The summed E-state index contributed by atoms with van der Waals surface area (Å²) in [5.41, 5.74) is 7.73. The molecule has 0 spiro atoms. The van der Waals surface area contributed by atoms with Gasteiger partial charge < -0.3 is 5.73 Å². The molecule has 74 valence electrons. The predicted molar refractivity (Wildman–Crippen MR) is 56.3 cm³/mol. The van der Waals surface area contributed by atoms with Crippen LogP contribution in [0.2, 0.25) is 0 Å². The molecule has 4 atom stereocenters. The molecule has 2 rings (SSSR count). The van der Waals surface area contributed by atoms with Gasteiger partial charge in [-0.25, -0.2) is 0 Å². The second kappa shape index (κ2) is 3.45. The van der Waals surface area contributed by atoms with Gasteiger partial charge in [-0.05, 0) is 50.4 Å². The van der Waals surface area contributed by atoms with E-state index in [1.807, 2.05) is 0 Å². The van der Waals surface area contributed by atoms with E-state index in [1.54, 1.807) is 5.57 Å². The first-order valence-electron chi connectivity index (χ1n) is 5.61. The minimum Gasteiger partial charge on any atom is -0.327 e. The van der Waals surface area contributed by atoms with Crippen LogP contribution in [0.4, 0.5) is 0 Å². The van der Waals surface area contributed by atoms with Gasteiger partial charge in [0, 0.05) is 6.04 Å². The monoisotopic (exact) mass is 179 g/mol. The minimum absolute atomic E-state index is 0.441. The quantitative estimate of drug-likeness (QED) is 0.568. The summed E-state index contributed by atoms with van der Waals surface area (Å²) in [4.78, 5) is 0. The first-order valence-corrected chi connectivity index (χ1v) is 5.61. The summed E-state index contributed by atoms with van der Waals surface area (Å²) < 4.78 is 0. The van der Waals surface area contributed by atoms with Crippen LogP contribution in [0.15, 0.2) is 11.6 Å². The van der Waals surface area contributed by atoms with Gasteiger partial charge in [0.05, 0.1) is 0 Å². The molecular formula is C12H21N. The molecule has 13 heavy (non-hydrogen) atoms. The van der Waals surface area contributed by atoms with Crippen LogP contribution >= 0.6 is 0 Å². The van der Waals surface area contributed by atoms with Crippen molar-refractivity contribution in [3.63, 3.8) is 0 Å². The molecule has 0 amide bonds. The molecule has 2 N–H and O–H groups in total. The highest BCUT2D eigenvalue weighted by atomic mass is 14.7. The predicted octanol–water partition coefficient (Wildman–Crippen LogP) is 2.72. The van der Waals surface area contributed by atoms with Crippen molar-refractivity contribution < 1.29 is 0 Å². The molecule has 0 bridgehead atoms. The van der Waals surface area contributed by atoms with Crippen molar-refractivity contribution >= 4 is 0 Å². The van der Waals surface area contributed by atoms with E-state index < -0.39 is 0 Å². The lowest BCUT2D eigenvalue weighted by Crippen LogP contribution is -2.42. The maximum absolute atomic E-state index is 6.17. The van der Waals surface area contributed by atoms with Gasteiger partial charge in [0.1, 0.15) is 0 Å². The third-order valence-electron chi connectivity index (χ3n) is 4.02. The summed E-state index contributed by atoms with van der Waals surface area (Å²) in [5, 5.41) is 0. The van der Waals surface area contributed by atoms with Crippen molar-refractivity contribution in [1.29, 1.82) is 0 Å². The standard InChI is InChI=1S/C12H21N/c1-8-3-5-10-9(2)4-6-12(13)11(10)7-8/h7,9-12H,3-6,13H2,1-2H3/t9-,10?,11+,12-/m1/s1. The Morgan fingerprint density at radius 3 is 2.85 bits per heavy atom. The van der Waals surface area contributed by atoms with Gasteiger partial charge in [-0.15, -0.1) is 0 Å². The minimum atomic E-state index is 0.441. The Labute approximate surface area is 81.4 Å². The summed E-state index contributed by atoms with van der Waals surface area (Å²) in [5.74, 6) is 2.47. The largest absolute Gasteiger partial charge is 0.327 e. The zero-order valence-electron chi connectivity index (χ0n) is 8.79. The Balaban J connectivity index is 2.18. The zero-order chi connectivity index (χ0) is 9.42. The first kappa shape index (κ1) is 9.26. The van der Waals surface area contributed by atoms with Gasteiger partial charge in [-0.2, -0.15) is 0 Å². The fraction of sp³-hybridized carbons (Fsp3) is 0.833. The van der Waals surface area contributed by atoms with Crippen molar-refractivity contribution in [2.45, 2.75) is 45.6 Å². The van der Waals surface area contributed by atoms with E-state index in [0.717, 1.165) is 11.8 Å². The zero-order valence-corrected chi connectivity index (χ0v) is 8.79. The van der Waals surface area contributed by atoms with Crippen LogP contribution in [0.25, 0.3) is 0 Å². The molecular weight excluding hydrogens is 158 g/mol. The maximum Gasteiger partial charge on any atom is 0.0105 e. The van der Waals surface area contributed by atoms with Gasteiger partial charge in [0.2, 0.25) is 0 Å².